The number of halogens is 2. The van der Waals surface area contributed by atoms with Gasteiger partial charge < -0.3 is 9.47 Å². The predicted octanol–water partition coefficient (Wildman–Crippen LogP) is 8.51. The van der Waals surface area contributed by atoms with Crippen LogP contribution in [-0.2, 0) is 9.53 Å². The van der Waals surface area contributed by atoms with Crippen LogP contribution in [-0.4, -0.2) is 18.7 Å². The van der Waals surface area contributed by atoms with Crippen molar-refractivity contribution in [2.45, 2.75) is 116 Å². The first-order valence-corrected chi connectivity index (χ1v) is 15.2. The Morgan fingerprint density at radius 1 is 0.868 bits per heavy atom. The molecular formula is C32H45F2NO3. The highest BCUT2D eigenvalue weighted by molar-refractivity contribution is 5.75. The Balaban J connectivity index is 1.10. The van der Waals surface area contributed by atoms with Crippen LogP contribution in [0.4, 0.5) is 8.78 Å². The first-order chi connectivity index (χ1) is 18.5. The van der Waals surface area contributed by atoms with E-state index in [0.29, 0.717) is 18.8 Å². The summed E-state index contributed by atoms with van der Waals surface area (Å²) in [5.74, 6) is 0.501. The summed E-state index contributed by atoms with van der Waals surface area (Å²) in [7, 11) is 0. The highest BCUT2D eigenvalue weighted by atomic mass is 19.1. The Morgan fingerprint density at radius 2 is 1.45 bits per heavy atom. The second-order valence-corrected chi connectivity index (χ2v) is 12.2. The van der Waals surface area contributed by atoms with Gasteiger partial charge in [0.2, 0.25) is 0 Å². The minimum atomic E-state index is -1.02. The number of rotatable bonds is 10. The average molecular weight is 530 g/mol. The van der Waals surface area contributed by atoms with Crippen LogP contribution in [0.3, 0.4) is 0 Å². The molecule has 0 aliphatic heterocycles. The van der Waals surface area contributed by atoms with Gasteiger partial charge in [0.1, 0.15) is 29.0 Å². The minimum absolute atomic E-state index is 0.171. The molecule has 0 N–H and O–H groups in total. The fourth-order valence-corrected chi connectivity index (χ4v) is 7.11. The lowest BCUT2D eigenvalue weighted by atomic mass is 9.69. The molecule has 0 heterocycles. The minimum Gasteiger partial charge on any atom is -0.426 e. The van der Waals surface area contributed by atoms with E-state index in [4.69, 9.17) is 14.7 Å². The molecule has 0 amide bonds. The molecule has 3 fully saturated rings. The normalized spacial score (nSPS) is 29.9. The van der Waals surface area contributed by atoms with Crippen LogP contribution < -0.4 is 4.74 Å². The van der Waals surface area contributed by atoms with Crippen molar-refractivity contribution in [2.24, 2.45) is 29.6 Å². The quantitative estimate of drug-likeness (QED) is 0.173. The van der Waals surface area contributed by atoms with E-state index in [9.17, 15) is 13.6 Å². The summed E-state index contributed by atoms with van der Waals surface area (Å²) in [4.78, 5) is 12.5. The molecule has 0 bridgehead atoms. The lowest BCUT2D eigenvalue weighted by Crippen LogP contribution is -2.31. The van der Waals surface area contributed by atoms with E-state index < -0.39 is 23.2 Å². The van der Waals surface area contributed by atoms with E-state index in [0.717, 1.165) is 49.3 Å². The molecule has 4 rings (SSSR count). The lowest BCUT2D eigenvalue weighted by Gasteiger charge is -2.38. The van der Waals surface area contributed by atoms with Crippen LogP contribution in [0.1, 0.15) is 115 Å². The van der Waals surface area contributed by atoms with Gasteiger partial charge in [0.05, 0.1) is 12.0 Å². The van der Waals surface area contributed by atoms with Gasteiger partial charge in [-0.15, -0.1) is 0 Å². The molecule has 38 heavy (non-hydrogen) atoms. The maximum absolute atomic E-state index is 13.8. The summed E-state index contributed by atoms with van der Waals surface area (Å²) in [5.41, 5.74) is -0.670. The van der Waals surface area contributed by atoms with Crippen molar-refractivity contribution in [3.05, 3.63) is 29.3 Å². The van der Waals surface area contributed by atoms with Crippen molar-refractivity contribution >= 4 is 5.97 Å². The standard InChI is InChI=1S/C32H45F2NO3/c1-2-3-4-5-22-6-10-24(11-7-22)25-12-8-23(9-13-25)21-37-27-16-14-26(15-17-27)32(36)38-28-18-30(33)29(20-35)31(34)19-28/h18-19,22-27H,2-17,21H2,1H3/t22-,23-,24-,25-,26-,27-. The van der Waals surface area contributed by atoms with Gasteiger partial charge in [0, 0.05) is 18.7 Å². The number of hydrogen-bond acceptors (Lipinski definition) is 4. The van der Waals surface area contributed by atoms with Gasteiger partial charge in [-0.3, -0.25) is 4.79 Å². The number of nitriles is 1. The molecule has 1 aromatic carbocycles. The highest BCUT2D eigenvalue weighted by Gasteiger charge is 2.32. The SMILES string of the molecule is CCCCC[C@H]1CC[C@H]([C@H]2CC[C@H](CO[C@H]3CC[C@H](C(=O)Oc4cc(F)c(C#N)c(F)c4)CC3)CC2)CC1. The number of carbonyl (C=O) groups is 1. The Morgan fingerprint density at radius 3 is 2.00 bits per heavy atom. The molecule has 0 aromatic heterocycles. The number of nitrogens with zero attached hydrogens (tertiary/aromatic N) is 1. The number of unbranched alkanes of at least 4 members (excludes halogenated alkanes) is 2. The molecule has 0 radical (unpaired) electrons. The summed E-state index contributed by atoms with van der Waals surface area (Å²) in [5, 5.41) is 8.78. The van der Waals surface area contributed by atoms with E-state index in [1.807, 2.05) is 0 Å². The van der Waals surface area contributed by atoms with Crippen LogP contribution in [0.25, 0.3) is 0 Å². The molecule has 3 aliphatic rings. The van der Waals surface area contributed by atoms with Crippen molar-refractivity contribution in [1.82, 2.24) is 0 Å². The van der Waals surface area contributed by atoms with Gasteiger partial charge >= 0.3 is 5.97 Å². The van der Waals surface area contributed by atoms with Gasteiger partial charge in [-0.2, -0.15) is 5.26 Å². The lowest BCUT2D eigenvalue weighted by molar-refractivity contribution is -0.141. The average Bonchev–Trinajstić information content (AvgIpc) is 2.93. The number of hydrogen-bond donors (Lipinski definition) is 0. The fourth-order valence-electron chi connectivity index (χ4n) is 7.11. The first kappa shape index (κ1) is 29.0. The van der Waals surface area contributed by atoms with Crippen molar-refractivity contribution in [3.63, 3.8) is 0 Å². The first-order valence-electron chi connectivity index (χ1n) is 15.2. The van der Waals surface area contributed by atoms with Gasteiger partial charge in [0.25, 0.3) is 0 Å². The van der Waals surface area contributed by atoms with Gasteiger partial charge in [-0.05, 0) is 87.9 Å². The van der Waals surface area contributed by atoms with Crippen LogP contribution in [0, 0.1) is 52.6 Å². The van der Waals surface area contributed by atoms with Crippen molar-refractivity contribution in [3.8, 4) is 11.8 Å². The number of carbonyl (C=O) groups excluding carboxylic acids is 1. The summed E-state index contributed by atoms with van der Waals surface area (Å²) < 4.78 is 39.1. The van der Waals surface area contributed by atoms with Crippen LogP contribution >= 0.6 is 0 Å². The van der Waals surface area contributed by atoms with E-state index in [1.165, 1.54) is 83.1 Å². The van der Waals surface area contributed by atoms with Gasteiger partial charge in [-0.1, -0.05) is 45.4 Å². The third-order valence-electron chi connectivity index (χ3n) is 9.59. The predicted molar refractivity (Wildman–Crippen MR) is 143 cm³/mol. The molecule has 0 unspecified atom stereocenters. The monoisotopic (exact) mass is 529 g/mol. The molecule has 6 heteroatoms. The number of benzene rings is 1. The van der Waals surface area contributed by atoms with E-state index in [1.54, 1.807) is 0 Å². The maximum Gasteiger partial charge on any atom is 0.314 e. The summed E-state index contributed by atoms with van der Waals surface area (Å²) in [6.45, 7) is 3.11. The zero-order valence-electron chi connectivity index (χ0n) is 23.1. The largest absolute Gasteiger partial charge is 0.426 e. The molecule has 4 nitrogen and oxygen atoms in total. The smallest absolute Gasteiger partial charge is 0.314 e. The summed E-state index contributed by atoms with van der Waals surface area (Å²) in [6, 6.07) is 3.25. The van der Waals surface area contributed by atoms with Crippen LogP contribution in [0.15, 0.2) is 12.1 Å². The van der Waals surface area contributed by atoms with Crippen molar-refractivity contribution in [1.29, 1.82) is 5.26 Å². The number of esters is 1. The Hall–Kier alpha value is -2.00. The fraction of sp³-hybridized carbons (Fsp3) is 0.750. The second kappa shape index (κ2) is 14.4. The molecule has 0 spiro atoms. The Bertz CT molecular complexity index is 914. The maximum atomic E-state index is 13.8. The van der Waals surface area contributed by atoms with E-state index >= 15 is 0 Å². The van der Waals surface area contributed by atoms with Gasteiger partial charge in [-0.25, -0.2) is 8.78 Å². The third kappa shape index (κ3) is 8.01. The molecule has 3 aliphatic carbocycles. The summed E-state index contributed by atoms with van der Waals surface area (Å²) >= 11 is 0. The van der Waals surface area contributed by atoms with E-state index in [2.05, 4.69) is 6.92 Å². The van der Waals surface area contributed by atoms with Crippen LogP contribution in [0.5, 0.6) is 5.75 Å². The third-order valence-corrected chi connectivity index (χ3v) is 9.59. The van der Waals surface area contributed by atoms with Crippen molar-refractivity contribution < 1.29 is 23.0 Å². The van der Waals surface area contributed by atoms with Gasteiger partial charge in [0.15, 0.2) is 0 Å². The molecule has 210 valence electrons. The zero-order valence-corrected chi connectivity index (χ0v) is 23.1. The molecule has 3 saturated carbocycles. The van der Waals surface area contributed by atoms with Crippen LogP contribution in [0.2, 0.25) is 0 Å². The highest BCUT2D eigenvalue weighted by Crippen LogP contribution is 2.42. The van der Waals surface area contributed by atoms with E-state index in [-0.39, 0.29) is 17.8 Å². The topological polar surface area (TPSA) is 59.3 Å². The summed E-state index contributed by atoms with van der Waals surface area (Å²) in [6.07, 6.45) is 19.7. The Kier molecular flexibility index (Phi) is 11.0. The number of ether oxygens (including phenoxy) is 2. The molecule has 0 atom stereocenters. The zero-order chi connectivity index (χ0) is 26.9. The molecule has 0 saturated heterocycles. The second-order valence-electron chi connectivity index (χ2n) is 12.2. The van der Waals surface area contributed by atoms with Crippen molar-refractivity contribution in [2.75, 3.05) is 6.61 Å². The molecule has 1 aromatic rings. The Labute approximate surface area is 227 Å². The molecular weight excluding hydrogens is 484 g/mol.